The van der Waals surface area contributed by atoms with Gasteiger partial charge in [-0.2, -0.15) is 5.10 Å². The lowest BCUT2D eigenvalue weighted by atomic mass is 9.85. The number of likely N-dealkylation sites (tertiary alicyclic amines) is 2. The van der Waals surface area contributed by atoms with Gasteiger partial charge in [0.05, 0.1) is 12.8 Å². The van der Waals surface area contributed by atoms with Crippen molar-refractivity contribution in [2.45, 2.75) is 43.8 Å². The summed E-state index contributed by atoms with van der Waals surface area (Å²) in [5, 5.41) is 4.26. The molecule has 2 aliphatic heterocycles. The molecule has 0 radical (unpaired) electrons. The highest BCUT2D eigenvalue weighted by Crippen LogP contribution is 2.40. The van der Waals surface area contributed by atoms with E-state index >= 15 is 0 Å². The van der Waals surface area contributed by atoms with Crippen LogP contribution in [0.4, 0.5) is 0 Å². The van der Waals surface area contributed by atoms with Gasteiger partial charge in [-0.15, -0.1) is 0 Å². The second kappa shape index (κ2) is 6.07. The van der Waals surface area contributed by atoms with Gasteiger partial charge in [-0.25, -0.2) is 0 Å². The van der Waals surface area contributed by atoms with Crippen molar-refractivity contribution in [1.82, 2.24) is 19.6 Å². The topological polar surface area (TPSA) is 33.5 Å². The zero-order valence-corrected chi connectivity index (χ0v) is 13.6. The molecule has 118 valence electrons. The van der Waals surface area contributed by atoms with Crippen LogP contribution < -0.4 is 0 Å². The molecular weight excluding hydrogens is 264 g/mol. The largest absolute Gasteiger partial charge is 0.383 e. The molecule has 0 saturated carbocycles. The number of ether oxygens (including phenoxy) is 1. The number of hydrogen-bond donors (Lipinski definition) is 0. The Hall–Kier alpha value is -0.910. The van der Waals surface area contributed by atoms with Crippen molar-refractivity contribution >= 4 is 0 Å². The first-order chi connectivity index (χ1) is 10.1. The van der Waals surface area contributed by atoms with Gasteiger partial charge in [-0.3, -0.25) is 14.5 Å². The standard InChI is InChI=1S/C16H28N4O/c1-18-11-14(10-17-18)12-20-8-6-16(7-9-20)5-4-15(13-21-3)19(16)2/h10-11,15H,4-9,12-13H2,1-3H3/t15-/m1/s1. The summed E-state index contributed by atoms with van der Waals surface area (Å²) in [7, 11) is 6.10. The summed E-state index contributed by atoms with van der Waals surface area (Å²) in [6, 6.07) is 0.611. The average Bonchev–Trinajstić information content (AvgIpc) is 3.01. The molecule has 2 saturated heterocycles. The number of rotatable bonds is 4. The molecule has 2 aliphatic rings. The molecule has 3 rings (SSSR count). The Balaban J connectivity index is 1.55. The molecule has 5 nitrogen and oxygen atoms in total. The molecule has 0 unspecified atom stereocenters. The Labute approximate surface area is 127 Å². The number of hydrogen-bond acceptors (Lipinski definition) is 4. The number of likely N-dealkylation sites (N-methyl/N-ethyl adjacent to an activating group) is 1. The molecule has 3 heterocycles. The van der Waals surface area contributed by atoms with Gasteiger partial charge in [0.15, 0.2) is 0 Å². The quantitative estimate of drug-likeness (QED) is 0.842. The fourth-order valence-corrected chi connectivity index (χ4v) is 4.12. The van der Waals surface area contributed by atoms with E-state index in [1.807, 2.05) is 25.0 Å². The Morgan fingerprint density at radius 2 is 2.05 bits per heavy atom. The molecular formula is C16H28N4O. The van der Waals surface area contributed by atoms with E-state index in [4.69, 9.17) is 4.74 Å². The molecule has 0 aliphatic carbocycles. The van der Waals surface area contributed by atoms with Crippen LogP contribution in [0.3, 0.4) is 0 Å². The monoisotopic (exact) mass is 292 g/mol. The number of piperidine rings is 1. The van der Waals surface area contributed by atoms with Crippen molar-refractivity contribution in [3.8, 4) is 0 Å². The Kier molecular flexibility index (Phi) is 4.33. The molecule has 1 atom stereocenters. The Morgan fingerprint density at radius 1 is 1.29 bits per heavy atom. The van der Waals surface area contributed by atoms with Gasteiger partial charge < -0.3 is 4.74 Å². The molecule has 0 N–H and O–H groups in total. The Bertz CT molecular complexity index is 465. The molecule has 1 spiro atoms. The molecule has 5 heteroatoms. The van der Waals surface area contributed by atoms with Crippen molar-refractivity contribution in [1.29, 1.82) is 0 Å². The van der Waals surface area contributed by atoms with Crippen molar-refractivity contribution in [3.05, 3.63) is 18.0 Å². The zero-order chi connectivity index (χ0) is 14.9. The van der Waals surface area contributed by atoms with E-state index in [0.717, 1.165) is 13.2 Å². The lowest BCUT2D eigenvalue weighted by molar-refractivity contribution is 0.0282. The summed E-state index contributed by atoms with van der Waals surface area (Å²) in [6.07, 6.45) is 9.29. The molecule has 0 aromatic carbocycles. The number of aryl methyl sites for hydroxylation is 1. The molecule has 0 bridgehead atoms. The first-order valence-electron chi connectivity index (χ1n) is 8.05. The predicted molar refractivity (Wildman–Crippen MR) is 83.1 cm³/mol. The minimum atomic E-state index is 0.425. The SMILES string of the molecule is COC[C@H]1CCC2(CCN(Cc3cnn(C)c3)CC2)N1C. The van der Waals surface area contributed by atoms with Gasteiger partial charge >= 0.3 is 0 Å². The first kappa shape index (κ1) is 15.0. The maximum Gasteiger partial charge on any atom is 0.0618 e. The van der Waals surface area contributed by atoms with E-state index < -0.39 is 0 Å². The van der Waals surface area contributed by atoms with Crippen molar-refractivity contribution < 1.29 is 4.74 Å². The fourth-order valence-electron chi connectivity index (χ4n) is 4.12. The Morgan fingerprint density at radius 3 is 2.67 bits per heavy atom. The normalized spacial score (nSPS) is 26.7. The van der Waals surface area contributed by atoms with Crippen LogP contribution in [0.15, 0.2) is 12.4 Å². The third kappa shape index (κ3) is 3.00. The molecule has 0 amide bonds. The van der Waals surface area contributed by atoms with Crippen LogP contribution in [0.25, 0.3) is 0 Å². The van der Waals surface area contributed by atoms with Gasteiger partial charge in [-0.1, -0.05) is 0 Å². The van der Waals surface area contributed by atoms with Gasteiger partial charge in [0.1, 0.15) is 0 Å². The van der Waals surface area contributed by atoms with Gasteiger partial charge in [-0.05, 0) is 32.7 Å². The zero-order valence-electron chi connectivity index (χ0n) is 13.6. The van der Waals surface area contributed by atoms with Gasteiger partial charge in [0.2, 0.25) is 0 Å². The second-order valence-electron chi connectivity index (χ2n) is 6.78. The van der Waals surface area contributed by atoms with E-state index in [-0.39, 0.29) is 0 Å². The van der Waals surface area contributed by atoms with Crippen molar-refractivity contribution in [2.24, 2.45) is 7.05 Å². The van der Waals surface area contributed by atoms with Crippen LogP contribution in [0.1, 0.15) is 31.2 Å². The number of methoxy groups -OCH3 is 1. The van der Waals surface area contributed by atoms with Gasteiger partial charge in [0, 0.05) is 57.1 Å². The van der Waals surface area contributed by atoms with Crippen LogP contribution in [-0.2, 0) is 18.3 Å². The van der Waals surface area contributed by atoms with Crippen LogP contribution in [0, 0.1) is 0 Å². The highest BCUT2D eigenvalue weighted by molar-refractivity contribution is 5.06. The van der Waals surface area contributed by atoms with Crippen LogP contribution in [0.2, 0.25) is 0 Å². The van der Waals surface area contributed by atoms with Crippen LogP contribution >= 0.6 is 0 Å². The third-order valence-electron chi connectivity index (χ3n) is 5.55. The maximum atomic E-state index is 5.37. The summed E-state index contributed by atoms with van der Waals surface area (Å²) in [4.78, 5) is 5.18. The lowest BCUT2D eigenvalue weighted by Crippen LogP contribution is -2.52. The van der Waals surface area contributed by atoms with E-state index in [0.29, 0.717) is 11.6 Å². The first-order valence-corrected chi connectivity index (χ1v) is 8.05. The highest BCUT2D eigenvalue weighted by Gasteiger charge is 2.45. The molecule has 1 aromatic heterocycles. The number of aromatic nitrogens is 2. The maximum absolute atomic E-state index is 5.37. The van der Waals surface area contributed by atoms with E-state index in [1.165, 1.54) is 44.3 Å². The third-order valence-corrected chi connectivity index (χ3v) is 5.55. The summed E-state index contributed by atoms with van der Waals surface area (Å²) in [6.45, 7) is 4.30. The molecule has 21 heavy (non-hydrogen) atoms. The molecule has 1 aromatic rings. The fraction of sp³-hybridized carbons (Fsp3) is 0.812. The van der Waals surface area contributed by atoms with E-state index in [1.54, 1.807) is 0 Å². The summed E-state index contributed by atoms with van der Waals surface area (Å²) < 4.78 is 7.26. The summed E-state index contributed by atoms with van der Waals surface area (Å²) >= 11 is 0. The summed E-state index contributed by atoms with van der Waals surface area (Å²) in [5.74, 6) is 0. The van der Waals surface area contributed by atoms with E-state index in [2.05, 4.69) is 28.1 Å². The highest BCUT2D eigenvalue weighted by atomic mass is 16.5. The lowest BCUT2D eigenvalue weighted by Gasteiger charge is -2.45. The number of nitrogens with zero attached hydrogens (tertiary/aromatic N) is 4. The van der Waals surface area contributed by atoms with Crippen LogP contribution in [-0.4, -0.2) is 65.0 Å². The van der Waals surface area contributed by atoms with Crippen molar-refractivity contribution in [3.63, 3.8) is 0 Å². The minimum Gasteiger partial charge on any atom is -0.383 e. The smallest absolute Gasteiger partial charge is 0.0618 e. The van der Waals surface area contributed by atoms with Crippen molar-refractivity contribution in [2.75, 3.05) is 33.9 Å². The average molecular weight is 292 g/mol. The minimum absolute atomic E-state index is 0.425. The summed E-state index contributed by atoms with van der Waals surface area (Å²) in [5.41, 5.74) is 1.75. The van der Waals surface area contributed by atoms with E-state index in [9.17, 15) is 0 Å². The molecule has 2 fully saturated rings. The van der Waals surface area contributed by atoms with Gasteiger partial charge in [0.25, 0.3) is 0 Å². The predicted octanol–water partition coefficient (Wildman–Crippen LogP) is 1.50. The second-order valence-corrected chi connectivity index (χ2v) is 6.78. The van der Waals surface area contributed by atoms with Crippen LogP contribution in [0.5, 0.6) is 0 Å².